The van der Waals surface area contributed by atoms with Crippen LogP contribution in [0.1, 0.15) is 143 Å². The van der Waals surface area contributed by atoms with Gasteiger partial charge in [0.15, 0.2) is 0 Å². The molecule has 1 rings (SSSR count). The summed E-state index contributed by atoms with van der Waals surface area (Å²) in [4.78, 5) is 0. The van der Waals surface area contributed by atoms with Crippen LogP contribution in [0.2, 0.25) is 0 Å². The fourth-order valence-corrected chi connectivity index (χ4v) is 2.72. The number of hydrogen-bond donors (Lipinski definition) is 2. The number of unbranched alkanes of at least 4 members (excludes halogenated alkanes) is 2. The Kier molecular flexibility index (Phi) is 51.1. The monoisotopic (exact) mass is 685 g/mol. The van der Waals surface area contributed by atoms with Crippen molar-refractivity contribution in [2.45, 2.75) is 143 Å². The Balaban J connectivity index is -0.0000000885. The van der Waals surface area contributed by atoms with Crippen molar-refractivity contribution >= 4 is 0 Å². The molecule has 0 aliphatic heterocycles. The molecular weight excluding hydrogens is 597 g/mol. The lowest BCUT2D eigenvalue weighted by atomic mass is 9.81. The Morgan fingerprint density at radius 2 is 1.00 bits per heavy atom. The van der Waals surface area contributed by atoms with E-state index >= 15 is 0 Å². The summed E-state index contributed by atoms with van der Waals surface area (Å²) in [5.74, 6) is 0.653. The van der Waals surface area contributed by atoms with E-state index in [0.717, 1.165) is 42.8 Å². The molecule has 0 atom stereocenters. The number of ether oxygens (including phenoxy) is 1. The van der Waals surface area contributed by atoms with Crippen LogP contribution < -0.4 is 10.6 Å². The summed E-state index contributed by atoms with van der Waals surface area (Å²) in [6, 6.07) is 12.0. The molecule has 0 bridgehead atoms. The highest BCUT2D eigenvalue weighted by molar-refractivity contribution is 5.20. The fourth-order valence-electron chi connectivity index (χ4n) is 2.72. The first-order valence-corrected chi connectivity index (χ1v) is 17.5. The molecule has 0 aliphatic rings. The van der Waals surface area contributed by atoms with Crippen LogP contribution in [-0.2, 0) is 4.74 Å². The van der Waals surface area contributed by atoms with Gasteiger partial charge in [-0.15, -0.1) is 6.58 Å². The first-order valence-electron chi connectivity index (χ1n) is 17.5. The first kappa shape index (κ1) is 61.1. The van der Waals surface area contributed by atoms with Gasteiger partial charge in [-0.3, -0.25) is 0 Å². The molecule has 3 nitrogen and oxygen atoms in total. The first-order chi connectivity index (χ1) is 21.9. The molecule has 0 aromatic heterocycles. The van der Waals surface area contributed by atoms with Gasteiger partial charge >= 0.3 is 0 Å². The third kappa shape index (κ3) is 44.8. The molecule has 288 valence electrons. The molecule has 2 N–H and O–H groups in total. The molecule has 0 saturated carbocycles. The molecule has 0 amide bonds. The molecule has 0 spiro atoms. The molecule has 0 fully saturated rings. The standard InChI is InChI=1S/C11H23N.C9H17N.C9H18.C6H10O.C6H6.C3H6.2CH4/c1-6-8-9-12-10(3)11(4,5)7-2;1-5-6-7-10-9(4)8(2)3;1-6-8(3)9(4,5)7-2;1-5(2)6(3)7-4;1-2-4-6-5-3-1;1-3-2;;/h12H,3,6-9H2,1-2,4-5H3;10H,2,4-7H2,1,3H3;3,6-7H2,1-2,4-5H3;1,3H2,2,4H3;1-6H;3H,1H2,2H3;2*1H4. The van der Waals surface area contributed by atoms with Crippen LogP contribution >= 0.6 is 0 Å². The highest BCUT2D eigenvalue weighted by Crippen LogP contribution is 2.30. The van der Waals surface area contributed by atoms with E-state index < -0.39 is 0 Å². The van der Waals surface area contributed by atoms with Crippen molar-refractivity contribution in [3.8, 4) is 0 Å². The SMILES string of the molecule is C.C.C=C(C)C(=C)NCCCC.C=C(C)C(=C)OC.C=C(CC)C(C)(C)CC.C=C(NCCCC)C(C)(C)CC.C=CC.c1ccccc1. The van der Waals surface area contributed by atoms with Crippen molar-refractivity contribution in [2.75, 3.05) is 20.2 Å². The third-order valence-electron chi connectivity index (χ3n) is 7.61. The molecule has 49 heavy (non-hydrogen) atoms. The Bertz CT molecular complexity index is 924. The van der Waals surface area contributed by atoms with Crippen molar-refractivity contribution in [2.24, 2.45) is 10.8 Å². The summed E-state index contributed by atoms with van der Waals surface area (Å²) in [6.07, 6.45) is 10.1. The maximum absolute atomic E-state index is 4.72. The minimum absolute atomic E-state index is 0. The summed E-state index contributed by atoms with van der Waals surface area (Å²) in [5, 5.41) is 6.57. The molecule has 3 heteroatoms. The van der Waals surface area contributed by atoms with E-state index in [0.29, 0.717) is 11.2 Å². The smallest absolute Gasteiger partial charge is 0.114 e. The predicted octanol–water partition coefficient (Wildman–Crippen LogP) is 15.1. The Labute approximate surface area is 310 Å². The second-order valence-electron chi connectivity index (χ2n) is 12.7. The summed E-state index contributed by atoms with van der Waals surface area (Å²) < 4.78 is 4.72. The van der Waals surface area contributed by atoms with Crippen LogP contribution in [0, 0.1) is 10.8 Å². The van der Waals surface area contributed by atoms with E-state index in [-0.39, 0.29) is 20.3 Å². The summed E-state index contributed by atoms with van der Waals surface area (Å²) in [5.41, 5.74) is 6.01. The number of nitrogens with one attached hydrogen (secondary N) is 2. The van der Waals surface area contributed by atoms with Crippen molar-refractivity contribution in [1.82, 2.24) is 10.6 Å². The van der Waals surface area contributed by atoms with Crippen LogP contribution in [0.3, 0.4) is 0 Å². The van der Waals surface area contributed by atoms with Gasteiger partial charge in [0.1, 0.15) is 5.76 Å². The normalized spacial score (nSPS) is 9.08. The molecular formula is C46H88N2O. The van der Waals surface area contributed by atoms with E-state index in [1.807, 2.05) is 57.2 Å². The molecule has 0 saturated heterocycles. The van der Waals surface area contributed by atoms with Gasteiger partial charge in [-0.1, -0.05) is 178 Å². The summed E-state index contributed by atoms with van der Waals surface area (Å²) >= 11 is 0. The van der Waals surface area contributed by atoms with Crippen LogP contribution in [0.15, 0.2) is 122 Å². The van der Waals surface area contributed by atoms with E-state index in [2.05, 4.69) is 119 Å². The van der Waals surface area contributed by atoms with Crippen LogP contribution in [0.5, 0.6) is 0 Å². The van der Waals surface area contributed by atoms with Crippen LogP contribution in [0.25, 0.3) is 0 Å². The second kappa shape index (κ2) is 41.0. The zero-order valence-electron chi connectivity index (χ0n) is 33.8. The lowest BCUT2D eigenvalue weighted by molar-refractivity contribution is 0.303. The number of benzene rings is 1. The van der Waals surface area contributed by atoms with Gasteiger partial charge in [0.2, 0.25) is 0 Å². The van der Waals surface area contributed by atoms with E-state index in [1.54, 1.807) is 13.2 Å². The summed E-state index contributed by atoms with van der Waals surface area (Å²) in [7, 11) is 1.58. The van der Waals surface area contributed by atoms with Crippen LogP contribution in [0.4, 0.5) is 0 Å². The van der Waals surface area contributed by atoms with Gasteiger partial charge < -0.3 is 15.4 Å². The minimum Gasteiger partial charge on any atom is -0.497 e. The highest BCUT2D eigenvalue weighted by Gasteiger charge is 2.18. The maximum atomic E-state index is 4.72. The Morgan fingerprint density at radius 1 is 0.653 bits per heavy atom. The molecule has 0 radical (unpaired) electrons. The van der Waals surface area contributed by atoms with Gasteiger partial charge in [0, 0.05) is 29.9 Å². The maximum Gasteiger partial charge on any atom is 0.114 e. The van der Waals surface area contributed by atoms with Gasteiger partial charge in [-0.05, 0) is 69.4 Å². The Hall–Kier alpha value is -3.20. The van der Waals surface area contributed by atoms with Gasteiger partial charge in [0.05, 0.1) is 7.11 Å². The van der Waals surface area contributed by atoms with Gasteiger partial charge in [-0.2, -0.15) is 0 Å². The van der Waals surface area contributed by atoms with Crippen molar-refractivity contribution in [3.05, 3.63) is 122 Å². The molecule has 0 heterocycles. The van der Waals surface area contributed by atoms with Crippen molar-refractivity contribution in [3.63, 3.8) is 0 Å². The van der Waals surface area contributed by atoms with Gasteiger partial charge in [-0.25, -0.2) is 0 Å². The quantitative estimate of drug-likeness (QED) is 0.0787. The number of rotatable bonds is 16. The average molecular weight is 685 g/mol. The zero-order valence-corrected chi connectivity index (χ0v) is 33.8. The third-order valence-corrected chi connectivity index (χ3v) is 7.61. The molecule has 0 unspecified atom stereocenters. The number of hydrogen-bond acceptors (Lipinski definition) is 3. The molecule has 1 aromatic carbocycles. The highest BCUT2D eigenvalue weighted by atomic mass is 16.5. The molecule has 0 aliphatic carbocycles. The largest absolute Gasteiger partial charge is 0.497 e. The van der Waals surface area contributed by atoms with Crippen molar-refractivity contribution in [1.29, 1.82) is 0 Å². The van der Waals surface area contributed by atoms with E-state index in [9.17, 15) is 0 Å². The van der Waals surface area contributed by atoms with E-state index in [4.69, 9.17) is 4.74 Å². The molecule has 1 aromatic rings. The zero-order chi connectivity index (χ0) is 37.9. The predicted molar refractivity (Wildman–Crippen MR) is 233 cm³/mol. The average Bonchev–Trinajstić information content (AvgIpc) is 3.06. The minimum atomic E-state index is 0. The lowest BCUT2D eigenvalue weighted by Gasteiger charge is -2.26. The lowest BCUT2D eigenvalue weighted by Crippen LogP contribution is -2.26. The number of methoxy groups -OCH3 is 1. The fraction of sp³-hybridized carbons (Fsp3) is 0.565. The Morgan fingerprint density at radius 3 is 1.20 bits per heavy atom. The topological polar surface area (TPSA) is 33.3 Å². The van der Waals surface area contributed by atoms with Crippen molar-refractivity contribution < 1.29 is 4.74 Å². The number of allylic oxidation sites excluding steroid dienone is 5. The van der Waals surface area contributed by atoms with E-state index in [1.165, 1.54) is 43.4 Å². The van der Waals surface area contributed by atoms with Gasteiger partial charge in [0.25, 0.3) is 0 Å². The van der Waals surface area contributed by atoms with Crippen LogP contribution in [-0.4, -0.2) is 20.2 Å². The second-order valence-corrected chi connectivity index (χ2v) is 12.7. The summed E-state index contributed by atoms with van der Waals surface area (Å²) in [6.45, 7) is 53.9.